The summed E-state index contributed by atoms with van der Waals surface area (Å²) in [6.45, 7) is 0. The van der Waals surface area contributed by atoms with Gasteiger partial charge in [0.05, 0.1) is 16.6 Å². The first-order valence-corrected chi connectivity index (χ1v) is 12.2. The van der Waals surface area contributed by atoms with Gasteiger partial charge < -0.3 is 10.2 Å². The molecule has 4 rings (SSSR count). The fourth-order valence-electron chi connectivity index (χ4n) is 4.27. The van der Waals surface area contributed by atoms with Crippen LogP contribution in [-0.2, 0) is 35.0 Å². The quantitative estimate of drug-likeness (QED) is 0.425. The maximum absolute atomic E-state index is 13.6. The van der Waals surface area contributed by atoms with Crippen LogP contribution < -0.4 is 10.0 Å². The smallest absolute Gasteiger partial charge is 0.404 e. The number of carbonyl (C=O) groups excluding carboxylic acids is 1. The Morgan fingerprint density at radius 1 is 1.05 bits per heavy atom. The summed E-state index contributed by atoms with van der Waals surface area (Å²) >= 11 is 0. The van der Waals surface area contributed by atoms with Gasteiger partial charge in [0, 0.05) is 6.42 Å². The van der Waals surface area contributed by atoms with E-state index in [2.05, 4.69) is 10.2 Å². The first-order valence-electron chi connectivity index (χ1n) is 11.1. The molecule has 38 heavy (non-hydrogen) atoms. The monoisotopic (exact) mass is 564 g/mol. The van der Waals surface area contributed by atoms with Gasteiger partial charge in [0.1, 0.15) is 12.2 Å². The van der Waals surface area contributed by atoms with Gasteiger partial charge in [0.15, 0.2) is 16.9 Å². The Hall–Kier alpha value is -3.49. The molecule has 0 fully saturated rings. The van der Waals surface area contributed by atoms with Gasteiger partial charge in [-0.1, -0.05) is 12.1 Å². The molecule has 204 valence electrons. The van der Waals surface area contributed by atoms with Crippen LogP contribution in [0.2, 0.25) is 0 Å². The second-order valence-corrected chi connectivity index (χ2v) is 9.93. The van der Waals surface area contributed by atoms with Crippen LogP contribution in [0.5, 0.6) is 0 Å². The molecule has 2 heterocycles. The van der Waals surface area contributed by atoms with Crippen molar-refractivity contribution in [2.24, 2.45) is 5.73 Å². The number of aromatic nitrogens is 2. The number of nitrogens with zero attached hydrogens (tertiary/aromatic N) is 3. The van der Waals surface area contributed by atoms with E-state index < -0.39 is 52.6 Å². The predicted octanol–water partition coefficient (Wildman–Crippen LogP) is 4.53. The zero-order valence-corrected chi connectivity index (χ0v) is 20.0. The Morgan fingerprint density at radius 3 is 2.29 bits per heavy atom. The first-order chi connectivity index (χ1) is 17.7. The first kappa shape index (κ1) is 27.5. The van der Waals surface area contributed by atoms with Crippen LogP contribution in [0.1, 0.15) is 35.2 Å². The molecular formula is C23H19F7N4O3S. The molecule has 3 aromatic rings. The van der Waals surface area contributed by atoms with Crippen LogP contribution >= 0.6 is 0 Å². The van der Waals surface area contributed by atoms with Crippen molar-refractivity contribution in [2.75, 3.05) is 4.31 Å². The fraction of sp³-hybridized carbons (Fsp3) is 0.348. The van der Waals surface area contributed by atoms with E-state index in [4.69, 9.17) is 10.2 Å². The van der Waals surface area contributed by atoms with Gasteiger partial charge in [-0.15, -0.1) is 10.2 Å². The maximum Gasteiger partial charge on any atom is 0.404 e. The van der Waals surface area contributed by atoms with Gasteiger partial charge in [-0.05, 0) is 54.3 Å². The summed E-state index contributed by atoms with van der Waals surface area (Å²) in [6.07, 6.45) is -11.2. The lowest BCUT2D eigenvalue weighted by Crippen LogP contribution is -2.42. The van der Waals surface area contributed by atoms with Crippen molar-refractivity contribution < 1.29 is 44.2 Å². The molecule has 0 saturated carbocycles. The van der Waals surface area contributed by atoms with E-state index in [0.29, 0.717) is 6.07 Å². The summed E-state index contributed by atoms with van der Waals surface area (Å²) < 4.78 is 114. The van der Waals surface area contributed by atoms with Gasteiger partial charge in [0.2, 0.25) is 17.7 Å². The number of hydrogen-bond donors (Lipinski definition) is 1. The standard InChI is InChI=1S/C23H19F7N4O3S/c24-14-3-6-16(7-4-14)38(36)34-15(10-19-32-33-20(37-19)11-18(31)35)5-1-12-9-13(2-8-17(12)34)21(22(25,26)27)23(28,29)30/h2-4,6-9,15,21H,1,5,10-11H2,(H2,31,35)/t15-,38?/m0/s1. The lowest BCUT2D eigenvalue weighted by molar-refractivity contribution is -0.253. The maximum atomic E-state index is 13.6. The summed E-state index contributed by atoms with van der Waals surface area (Å²) in [7, 11) is -2.04. The van der Waals surface area contributed by atoms with Crippen molar-refractivity contribution in [1.82, 2.24) is 10.2 Å². The molecule has 0 saturated heterocycles. The van der Waals surface area contributed by atoms with Crippen LogP contribution in [-0.4, -0.2) is 38.7 Å². The van der Waals surface area contributed by atoms with Crippen molar-refractivity contribution in [2.45, 2.75) is 54.9 Å². The highest BCUT2D eigenvalue weighted by atomic mass is 32.2. The van der Waals surface area contributed by atoms with Crippen molar-refractivity contribution >= 4 is 22.6 Å². The number of alkyl halides is 6. The molecular weight excluding hydrogens is 545 g/mol. The highest BCUT2D eigenvalue weighted by molar-refractivity contribution is 7.86. The number of rotatable bonds is 7. The van der Waals surface area contributed by atoms with Crippen LogP contribution in [0.4, 0.5) is 36.4 Å². The van der Waals surface area contributed by atoms with Gasteiger partial charge >= 0.3 is 12.4 Å². The lowest BCUT2D eigenvalue weighted by atomic mass is 9.90. The number of anilines is 1. The molecule has 1 aliphatic heterocycles. The Balaban J connectivity index is 1.73. The number of aryl methyl sites for hydroxylation is 1. The van der Waals surface area contributed by atoms with E-state index in [9.17, 15) is 39.7 Å². The van der Waals surface area contributed by atoms with E-state index in [-0.39, 0.29) is 53.6 Å². The SMILES string of the molecule is NC(=O)Cc1nnc(C[C@@H]2CCc3cc(C(C(F)(F)F)C(F)(F)F)ccc3N2S(=O)c2ccc(F)cc2)o1. The average Bonchev–Trinajstić information content (AvgIpc) is 3.23. The second kappa shape index (κ2) is 10.3. The van der Waals surface area contributed by atoms with E-state index in [1.807, 2.05) is 0 Å². The predicted molar refractivity (Wildman–Crippen MR) is 120 cm³/mol. The molecule has 2 N–H and O–H groups in total. The summed E-state index contributed by atoms with van der Waals surface area (Å²) in [4.78, 5) is 11.3. The molecule has 0 bridgehead atoms. The molecule has 1 aromatic heterocycles. The number of fused-ring (bicyclic) bond motifs is 1. The highest BCUT2D eigenvalue weighted by Gasteiger charge is 2.57. The van der Waals surface area contributed by atoms with Crippen LogP contribution in [0.15, 0.2) is 51.8 Å². The number of benzene rings is 2. The number of hydrogen-bond acceptors (Lipinski definition) is 5. The molecule has 0 aliphatic carbocycles. The molecule has 1 amide bonds. The lowest BCUT2D eigenvalue weighted by Gasteiger charge is -2.37. The minimum Gasteiger partial charge on any atom is -0.425 e. The minimum atomic E-state index is -5.57. The molecule has 0 spiro atoms. The van der Waals surface area contributed by atoms with E-state index >= 15 is 0 Å². The summed E-state index contributed by atoms with van der Waals surface area (Å²) in [5.74, 6) is -4.98. The van der Waals surface area contributed by atoms with E-state index in [0.717, 1.165) is 24.3 Å². The molecule has 1 unspecified atom stereocenters. The Labute approximate surface area is 213 Å². The number of nitrogens with two attached hydrogens (primary N) is 1. The number of carbonyl (C=O) groups is 1. The van der Waals surface area contributed by atoms with Crippen molar-refractivity contribution in [3.05, 3.63) is 71.2 Å². The summed E-state index contributed by atoms with van der Waals surface area (Å²) in [6, 6.07) is 6.60. The Morgan fingerprint density at radius 2 is 1.68 bits per heavy atom. The third kappa shape index (κ3) is 5.97. The zero-order valence-electron chi connectivity index (χ0n) is 19.2. The zero-order chi connectivity index (χ0) is 27.8. The molecule has 0 radical (unpaired) electrons. The summed E-state index contributed by atoms with van der Waals surface area (Å²) in [5.41, 5.74) is 4.41. The van der Waals surface area contributed by atoms with E-state index in [1.165, 1.54) is 16.4 Å². The normalized spacial score (nSPS) is 16.9. The number of halogens is 7. The summed E-state index contributed by atoms with van der Waals surface area (Å²) in [5, 5.41) is 7.55. The van der Waals surface area contributed by atoms with Crippen LogP contribution in [0.25, 0.3) is 0 Å². The topological polar surface area (TPSA) is 102 Å². The largest absolute Gasteiger partial charge is 0.425 e. The molecule has 15 heteroatoms. The molecule has 7 nitrogen and oxygen atoms in total. The van der Waals surface area contributed by atoms with Crippen molar-refractivity contribution in [1.29, 1.82) is 0 Å². The van der Waals surface area contributed by atoms with Crippen LogP contribution in [0.3, 0.4) is 0 Å². The van der Waals surface area contributed by atoms with Crippen molar-refractivity contribution in [3.63, 3.8) is 0 Å². The second-order valence-electron chi connectivity index (χ2n) is 8.56. The molecule has 2 aromatic carbocycles. The van der Waals surface area contributed by atoms with Gasteiger partial charge in [-0.3, -0.25) is 9.10 Å². The third-order valence-corrected chi connectivity index (χ3v) is 7.37. The average molecular weight is 564 g/mol. The molecule has 2 atom stereocenters. The van der Waals surface area contributed by atoms with Gasteiger partial charge in [-0.25, -0.2) is 8.60 Å². The van der Waals surface area contributed by atoms with E-state index in [1.54, 1.807) is 0 Å². The minimum absolute atomic E-state index is 0.00633. The Kier molecular flexibility index (Phi) is 7.50. The van der Waals surface area contributed by atoms with Gasteiger partial charge in [0.25, 0.3) is 0 Å². The van der Waals surface area contributed by atoms with Crippen LogP contribution in [0, 0.1) is 5.82 Å². The Bertz CT molecular complexity index is 1330. The third-order valence-electron chi connectivity index (χ3n) is 5.85. The highest BCUT2D eigenvalue weighted by Crippen LogP contribution is 2.48. The number of primary amides is 1. The van der Waals surface area contributed by atoms with Gasteiger partial charge in [-0.2, -0.15) is 26.3 Å². The fourth-order valence-corrected chi connectivity index (χ4v) is 5.67. The molecule has 1 aliphatic rings. The van der Waals surface area contributed by atoms with Crippen molar-refractivity contribution in [3.8, 4) is 0 Å². The number of amides is 1.